The fourth-order valence-corrected chi connectivity index (χ4v) is 2.80. The molecule has 2 aliphatic rings. The Bertz CT molecular complexity index is 529. The van der Waals surface area contributed by atoms with E-state index in [9.17, 15) is 31.1 Å². The number of rotatable bonds is 3. The number of hydrazine groups is 1. The van der Waals surface area contributed by atoms with Gasteiger partial charge in [-0.25, -0.2) is 10.2 Å². The summed E-state index contributed by atoms with van der Waals surface area (Å²) in [6, 6.07) is 0.174. The van der Waals surface area contributed by atoms with Crippen molar-refractivity contribution in [1.29, 1.82) is 0 Å². The number of ether oxygens (including phenoxy) is 1. The van der Waals surface area contributed by atoms with Crippen molar-refractivity contribution in [3.63, 3.8) is 0 Å². The second kappa shape index (κ2) is 7.51. The van der Waals surface area contributed by atoms with E-state index in [1.54, 1.807) is 0 Å². The van der Waals surface area contributed by atoms with Gasteiger partial charge in [0.25, 0.3) is 6.10 Å². The van der Waals surface area contributed by atoms with E-state index in [1.165, 1.54) is 0 Å². The average molecular weight is 390 g/mol. The first-order valence-corrected chi connectivity index (χ1v) is 7.90. The second-order valence-electron chi connectivity index (χ2n) is 6.25. The number of halogens is 6. The van der Waals surface area contributed by atoms with E-state index in [1.807, 2.05) is 30.0 Å². The molecule has 0 aromatic carbocycles. The summed E-state index contributed by atoms with van der Waals surface area (Å²) in [5.41, 5.74) is 4.15. The van der Waals surface area contributed by atoms with Crippen LogP contribution in [0.2, 0.25) is 0 Å². The number of likely N-dealkylation sites (N-methyl/N-ethyl adjacent to an activating group) is 1. The molecule has 0 bridgehead atoms. The quantitative estimate of drug-likeness (QED) is 0.747. The van der Waals surface area contributed by atoms with Crippen LogP contribution in [0.25, 0.3) is 0 Å². The Morgan fingerprint density at radius 2 is 1.73 bits per heavy atom. The van der Waals surface area contributed by atoms with Crippen molar-refractivity contribution < 1.29 is 35.9 Å². The van der Waals surface area contributed by atoms with Crippen LogP contribution in [0.5, 0.6) is 0 Å². The number of nitrogens with one attached hydrogen (secondary N) is 1. The van der Waals surface area contributed by atoms with Crippen LogP contribution >= 0.6 is 0 Å². The molecule has 0 saturated carbocycles. The minimum Gasteiger partial charge on any atom is -0.426 e. The van der Waals surface area contributed by atoms with Crippen molar-refractivity contribution in [3.05, 3.63) is 11.8 Å². The standard InChI is InChI=1S/C14H20F6N4O2/c1-9-7-10(22(2)21-9)8-23-3-5-24(6-4-23)12(25)26-11(13(15,16)17)14(18,19)20/h7,9,11,21H,3-6,8H2,1-2H3. The van der Waals surface area contributed by atoms with Gasteiger partial charge in [0, 0.05) is 51.5 Å². The zero-order valence-electron chi connectivity index (χ0n) is 14.2. The maximum Gasteiger partial charge on any atom is 0.434 e. The molecule has 6 nitrogen and oxygen atoms in total. The molecule has 1 amide bonds. The summed E-state index contributed by atoms with van der Waals surface area (Å²) in [7, 11) is 1.84. The molecule has 1 N–H and O–H groups in total. The van der Waals surface area contributed by atoms with E-state index in [0.717, 1.165) is 10.6 Å². The molecule has 2 aliphatic heterocycles. The number of nitrogens with zero attached hydrogens (tertiary/aromatic N) is 3. The van der Waals surface area contributed by atoms with Gasteiger partial charge >= 0.3 is 18.4 Å². The molecule has 0 spiro atoms. The minimum absolute atomic E-state index is 0.0127. The predicted molar refractivity (Wildman–Crippen MR) is 78.8 cm³/mol. The number of amides is 1. The summed E-state index contributed by atoms with van der Waals surface area (Å²) in [5.74, 6) is 0. The Hall–Kier alpha value is -1.69. The number of hydrogen-bond donors (Lipinski definition) is 1. The van der Waals surface area contributed by atoms with E-state index in [-0.39, 0.29) is 19.1 Å². The Morgan fingerprint density at radius 3 is 2.15 bits per heavy atom. The zero-order chi connectivity index (χ0) is 19.7. The van der Waals surface area contributed by atoms with Crippen molar-refractivity contribution in [2.75, 3.05) is 39.8 Å². The van der Waals surface area contributed by atoms with Crippen molar-refractivity contribution in [2.24, 2.45) is 0 Å². The molecule has 1 fully saturated rings. The van der Waals surface area contributed by atoms with E-state index in [2.05, 4.69) is 10.2 Å². The molecule has 0 radical (unpaired) electrons. The summed E-state index contributed by atoms with van der Waals surface area (Å²) >= 11 is 0. The van der Waals surface area contributed by atoms with Gasteiger partial charge in [-0.2, -0.15) is 26.3 Å². The van der Waals surface area contributed by atoms with Gasteiger partial charge in [0.15, 0.2) is 0 Å². The third-order valence-electron chi connectivity index (χ3n) is 4.10. The number of carbonyl (C=O) groups excluding carboxylic acids is 1. The third-order valence-corrected chi connectivity index (χ3v) is 4.10. The van der Waals surface area contributed by atoms with Crippen LogP contribution < -0.4 is 5.43 Å². The van der Waals surface area contributed by atoms with Crippen LogP contribution in [0, 0.1) is 0 Å². The molecule has 0 aromatic rings. The largest absolute Gasteiger partial charge is 0.434 e. The van der Waals surface area contributed by atoms with E-state index >= 15 is 0 Å². The lowest BCUT2D eigenvalue weighted by Crippen LogP contribution is -2.53. The van der Waals surface area contributed by atoms with Gasteiger partial charge in [-0.3, -0.25) is 4.90 Å². The molecule has 0 aromatic heterocycles. The first-order chi connectivity index (χ1) is 11.9. The van der Waals surface area contributed by atoms with Gasteiger partial charge in [0.2, 0.25) is 0 Å². The summed E-state index contributed by atoms with van der Waals surface area (Å²) < 4.78 is 78.5. The van der Waals surface area contributed by atoms with Gasteiger partial charge in [-0.05, 0) is 13.0 Å². The number of piperazine rings is 1. The third kappa shape index (κ3) is 5.16. The van der Waals surface area contributed by atoms with Gasteiger partial charge in [0.1, 0.15) is 0 Å². The van der Waals surface area contributed by atoms with Gasteiger partial charge in [-0.1, -0.05) is 0 Å². The zero-order valence-corrected chi connectivity index (χ0v) is 14.2. The van der Waals surface area contributed by atoms with Crippen LogP contribution in [0.3, 0.4) is 0 Å². The van der Waals surface area contributed by atoms with Gasteiger partial charge in [-0.15, -0.1) is 0 Å². The van der Waals surface area contributed by atoms with Crippen LogP contribution in [0.1, 0.15) is 6.92 Å². The second-order valence-corrected chi connectivity index (χ2v) is 6.25. The summed E-state index contributed by atoms with van der Waals surface area (Å²) in [4.78, 5) is 14.5. The van der Waals surface area contributed by atoms with Crippen molar-refractivity contribution in [1.82, 2.24) is 20.2 Å². The summed E-state index contributed by atoms with van der Waals surface area (Å²) in [6.45, 7) is 3.14. The normalized spacial score (nSPS) is 22.8. The van der Waals surface area contributed by atoms with Crippen molar-refractivity contribution >= 4 is 6.09 Å². The summed E-state index contributed by atoms with van der Waals surface area (Å²) in [6.07, 6.45) is -15.1. The topological polar surface area (TPSA) is 48.1 Å². The molecule has 0 aliphatic carbocycles. The molecular weight excluding hydrogens is 370 g/mol. The highest BCUT2D eigenvalue weighted by atomic mass is 19.4. The summed E-state index contributed by atoms with van der Waals surface area (Å²) in [5, 5.41) is 1.85. The van der Waals surface area contributed by atoms with Gasteiger partial charge < -0.3 is 14.6 Å². The fourth-order valence-electron chi connectivity index (χ4n) is 2.80. The minimum atomic E-state index is -5.71. The lowest BCUT2D eigenvalue weighted by Gasteiger charge is -2.36. The Balaban J connectivity index is 1.87. The van der Waals surface area contributed by atoms with Crippen LogP contribution in [0.15, 0.2) is 11.8 Å². The number of alkyl halides is 6. The highest BCUT2D eigenvalue weighted by Gasteiger charge is 2.60. The maximum absolute atomic E-state index is 12.5. The van der Waals surface area contributed by atoms with E-state index in [4.69, 9.17) is 0 Å². The first kappa shape index (κ1) is 20.6. The van der Waals surface area contributed by atoms with Crippen LogP contribution in [-0.4, -0.2) is 85.2 Å². The molecule has 1 atom stereocenters. The van der Waals surface area contributed by atoms with E-state index in [0.29, 0.717) is 19.6 Å². The Labute approximate surface area is 146 Å². The molecular formula is C14H20F6N4O2. The van der Waals surface area contributed by atoms with E-state index < -0.39 is 24.5 Å². The van der Waals surface area contributed by atoms with Crippen LogP contribution in [0.4, 0.5) is 31.1 Å². The molecule has 1 unspecified atom stereocenters. The Morgan fingerprint density at radius 1 is 1.19 bits per heavy atom. The Kier molecular flexibility index (Phi) is 5.95. The fraction of sp³-hybridized carbons (Fsp3) is 0.786. The number of hydrogen-bond acceptors (Lipinski definition) is 5. The lowest BCUT2D eigenvalue weighted by atomic mass is 10.2. The molecule has 150 valence electrons. The smallest absolute Gasteiger partial charge is 0.426 e. The molecule has 2 rings (SSSR count). The SMILES string of the molecule is CC1C=C(CN2CCN(C(=O)OC(C(F)(F)F)C(F)(F)F)CC2)N(C)N1. The molecule has 1 saturated heterocycles. The highest BCUT2D eigenvalue weighted by molar-refractivity contribution is 5.68. The van der Waals surface area contributed by atoms with Crippen LogP contribution in [-0.2, 0) is 4.74 Å². The predicted octanol–water partition coefficient (Wildman–Crippen LogP) is 1.96. The molecule has 2 heterocycles. The molecule has 12 heteroatoms. The number of carbonyl (C=O) groups is 1. The maximum atomic E-state index is 12.5. The lowest BCUT2D eigenvalue weighted by molar-refractivity contribution is -0.308. The monoisotopic (exact) mass is 390 g/mol. The highest BCUT2D eigenvalue weighted by Crippen LogP contribution is 2.36. The van der Waals surface area contributed by atoms with Crippen molar-refractivity contribution in [3.8, 4) is 0 Å². The first-order valence-electron chi connectivity index (χ1n) is 7.90. The molecule has 26 heavy (non-hydrogen) atoms. The van der Waals surface area contributed by atoms with Crippen molar-refractivity contribution in [2.45, 2.75) is 31.4 Å². The van der Waals surface area contributed by atoms with Gasteiger partial charge in [0.05, 0.1) is 0 Å². The average Bonchev–Trinajstić information content (AvgIpc) is 2.80.